The van der Waals surface area contributed by atoms with Crippen LogP contribution < -0.4 is 0 Å². The van der Waals surface area contributed by atoms with Crippen molar-refractivity contribution in [3.8, 4) is 0 Å². The molecule has 0 aromatic carbocycles. The molecule has 1 N–H and O–H groups in total. The van der Waals surface area contributed by atoms with Crippen LogP contribution in [0.5, 0.6) is 0 Å². The predicted molar refractivity (Wildman–Crippen MR) is 32.2 cm³/mol. The molecule has 0 aliphatic rings. The van der Waals surface area contributed by atoms with Crippen LogP contribution in [-0.4, -0.2) is 22.3 Å². The van der Waals surface area contributed by atoms with E-state index in [0.717, 1.165) is 0 Å². The third-order valence-corrected chi connectivity index (χ3v) is 1.16. The molecule has 0 fully saturated rings. The predicted octanol–water partition coefficient (Wildman–Crippen LogP) is 0.742. The Morgan fingerprint density at radius 1 is 1.62 bits per heavy atom. The Morgan fingerprint density at radius 3 is 2.25 bits per heavy atom. The Morgan fingerprint density at radius 2 is 2.12 bits per heavy atom. The van der Waals surface area contributed by atoms with E-state index in [1.165, 1.54) is 0 Å². The molecule has 0 aromatic rings. The lowest BCUT2D eigenvalue weighted by atomic mass is 10.3. The summed E-state index contributed by atoms with van der Waals surface area (Å²) >= 11 is 10.6. The molecule has 0 aliphatic heterocycles. The molecule has 0 unspecified atom stereocenters. The van der Waals surface area contributed by atoms with Gasteiger partial charge in [-0.3, -0.25) is 0 Å². The number of hydrogen-bond acceptors (Lipinski definition) is 2. The van der Waals surface area contributed by atoms with Crippen molar-refractivity contribution in [2.45, 2.75) is 10.8 Å². The fraction of sp³-hybridized carbons (Fsp3) is 0.750. The quantitative estimate of drug-likeness (QED) is 0.484. The van der Waals surface area contributed by atoms with Gasteiger partial charge in [-0.2, -0.15) is 0 Å². The summed E-state index contributed by atoms with van der Waals surface area (Å²) in [5.74, 6) is 0. The highest BCUT2D eigenvalue weighted by molar-refractivity contribution is 6.49. The van der Waals surface area contributed by atoms with Crippen molar-refractivity contribution in [3.63, 3.8) is 0 Å². The highest BCUT2D eigenvalue weighted by Gasteiger charge is 2.21. The van der Waals surface area contributed by atoms with Crippen LogP contribution >= 0.6 is 23.2 Å². The van der Waals surface area contributed by atoms with Gasteiger partial charge in [0.1, 0.15) is 10.6 Å². The number of aldehydes is 1. The summed E-state index contributed by atoms with van der Waals surface area (Å²) in [6, 6.07) is 0. The maximum Gasteiger partial charge on any atom is 0.147 e. The molecule has 0 spiro atoms. The van der Waals surface area contributed by atoms with Crippen molar-refractivity contribution in [2.24, 2.45) is 0 Å². The molecule has 4 heteroatoms. The second-order valence-corrected chi connectivity index (χ2v) is 3.03. The van der Waals surface area contributed by atoms with E-state index < -0.39 is 10.9 Å². The second-order valence-electron chi connectivity index (χ2n) is 1.38. The summed E-state index contributed by atoms with van der Waals surface area (Å²) in [6.07, 6.45) is 0.531. The van der Waals surface area contributed by atoms with Crippen LogP contribution in [0.1, 0.15) is 6.42 Å². The van der Waals surface area contributed by atoms with Gasteiger partial charge in [0.2, 0.25) is 0 Å². The van der Waals surface area contributed by atoms with Crippen LogP contribution in [0.15, 0.2) is 0 Å². The van der Waals surface area contributed by atoms with Gasteiger partial charge in [-0.1, -0.05) is 23.2 Å². The van der Waals surface area contributed by atoms with E-state index in [0.29, 0.717) is 6.29 Å². The fourth-order valence-corrected chi connectivity index (χ4v) is 0.312. The van der Waals surface area contributed by atoms with Crippen molar-refractivity contribution in [1.29, 1.82) is 0 Å². The van der Waals surface area contributed by atoms with Crippen molar-refractivity contribution in [3.05, 3.63) is 0 Å². The van der Waals surface area contributed by atoms with Crippen LogP contribution in [0.4, 0.5) is 0 Å². The number of halogens is 2. The lowest BCUT2D eigenvalue weighted by Gasteiger charge is -2.10. The molecule has 0 heterocycles. The van der Waals surface area contributed by atoms with Gasteiger partial charge in [0, 0.05) is 6.42 Å². The van der Waals surface area contributed by atoms with Gasteiger partial charge in [0.15, 0.2) is 0 Å². The van der Waals surface area contributed by atoms with Crippen molar-refractivity contribution >= 4 is 29.5 Å². The molecule has 0 saturated carbocycles. The molecule has 0 radical (unpaired) electrons. The number of aliphatic hydroxyl groups excluding tert-OH is 1. The Hall–Kier alpha value is 0.210. The second kappa shape index (κ2) is 3.28. The lowest BCUT2D eigenvalue weighted by molar-refractivity contribution is -0.108. The maximum atomic E-state index is 9.70. The molecule has 0 amide bonds. The smallest absolute Gasteiger partial charge is 0.147 e. The third kappa shape index (κ3) is 3.24. The Kier molecular flexibility index (Phi) is 3.36. The fourth-order valence-electron chi connectivity index (χ4n) is 0.186. The van der Waals surface area contributed by atoms with Gasteiger partial charge in [-0.05, 0) is 0 Å². The first kappa shape index (κ1) is 8.21. The molecule has 0 saturated heterocycles. The number of aliphatic hydroxyl groups is 1. The normalized spacial score (nSPS) is 11.4. The molecular formula is C4H6Cl2O2. The largest absolute Gasteiger partial charge is 0.393 e. The zero-order valence-electron chi connectivity index (χ0n) is 4.10. The molecule has 0 aliphatic carbocycles. The molecule has 2 nitrogen and oxygen atoms in total. The van der Waals surface area contributed by atoms with Crippen LogP contribution in [0.3, 0.4) is 0 Å². The summed E-state index contributed by atoms with van der Waals surface area (Å²) in [7, 11) is 0. The van der Waals surface area contributed by atoms with Crippen LogP contribution in [-0.2, 0) is 4.79 Å². The first-order chi connectivity index (χ1) is 3.62. The molecule has 0 bridgehead atoms. The number of carbonyl (C=O) groups is 1. The van der Waals surface area contributed by atoms with Gasteiger partial charge in [-0.25, -0.2) is 0 Å². The van der Waals surface area contributed by atoms with E-state index in [9.17, 15) is 4.79 Å². The standard InChI is InChI=1S/C4H6Cl2O2/c5-4(6,3-8)1-2-7/h2,8H,1,3H2. The van der Waals surface area contributed by atoms with Crippen LogP contribution in [0.25, 0.3) is 0 Å². The molecule has 48 valence electrons. The lowest BCUT2D eigenvalue weighted by Crippen LogP contribution is -2.18. The molecule has 0 rings (SSSR count). The van der Waals surface area contributed by atoms with E-state index >= 15 is 0 Å². The number of alkyl halides is 2. The summed E-state index contributed by atoms with van der Waals surface area (Å²) in [6.45, 7) is -0.394. The summed E-state index contributed by atoms with van der Waals surface area (Å²) < 4.78 is -1.28. The van der Waals surface area contributed by atoms with E-state index in [4.69, 9.17) is 28.3 Å². The van der Waals surface area contributed by atoms with E-state index in [1.54, 1.807) is 0 Å². The Bertz CT molecular complexity index is 82.1. The van der Waals surface area contributed by atoms with E-state index in [2.05, 4.69) is 0 Å². The summed E-state index contributed by atoms with van der Waals surface area (Å²) in [4.78, 5) is 9.70. The van der Waals surface area contributed by atoms with Gasteiger partial charge in [-0.15, -0.1) is 0 Å². The topological polar surface area (TPSA) is 37.3 Å². The van der Waals surface area contributed by atoms with Crippen LogP contribution in [0.2, 0.25) is 0 Å². The maximum absolute atomic E-state index is 9.70. The van der Waals surface area contributed by atoms with Crippen molar-refractivity contribution in [1.82, 2.24) is 0 Å². The average Bonchev–Trinajstić information content (AvgIpc) is 1.67. The minimum atomic E-state index is -1.28. The zero-order valence-corrected chi connectivity index (χ0v) is 5.61. The Labute approximate surface area is 57.4 Å². The van der Waals surface area contributed by atoms with E-state index in [-0.39, 0.29) is 6.42 Å². The third-order valence-electron chi connectivity index (χ3n) is 0.613. The molecule has 0 atom stereocenters. The summed E-state index contributed by atoms with van der Waals surface area (Å²) in [5, 5.41) is 8.30. The SMILES string of the molecule is O=CCC(Cl)(Cl)CO. The van der Waals surface area contributed by atoms with Gasteiger partial charge >= 0.3 is 0 Å². The van der Waals surface area contributed by atoms with Crippen LogP contribution in [0, 0.1) is 0 Å². The summed E-state index contributed by atoms with van der Waals surface area (Å²) in [5.41, 5.74) is 0. The van der Waals surface area contributed by atoms with Crippen molar-refractivity contribution < 1.29 is 9.90 Å². The number of hydrogen-bond donors (Lipinski definition) is 1. The first-order valence-electron chi connectivity index (χ1n) is 2.05. The van der Waals surface area contributed by atoms with Gasteiger partial charge in [0.05, 0.1) is 6.61 Å². The molecular weight excluding hydrogens is 151 g/mol. The highest BCUT2D eigenvalue weighted by Crippen LogP contribution is 2.22. The molecule has 8 heavy (non-hydrogen) atoms. The average molecular weight is 157 g/mol. The van der Waals surface area contributed by atoms with Gasteiger partial charge in [0.25, 0.3) is 0 Å². The van der Waals surface area contributed by atoms with Gasteiger partial charge < -0.3 is 9.90 Å². The molecule has 0 aromatic heterocycles. The first-order valence-corrected chi connectivity index (χ1v) is 2.80. The minimum absolute atomic E-state index is 0.0351. The van der Waals surface area contributed by atoms with Crippen molar-refractivity contribution in [2.75, 3.05) is 6.61 Å². The number of rotatable bonds is 3. The Balaban J connectivity index is 3.53. The monoisotopic (exact) mass is 156 g/mol. The highest BCUT2D eigenvalue weighted by atomic mass is 35.5. The minimum Gasteiger partial charge on any atom is -0.393 e. The zero-order chi connectivity index (χ0) is 6.62. The number of carbonyl (C=O) groups excluding carboxylic acids is 1. The van der Waals surface area contributed by atoms with E-state index in [1.807, 2.05) is 0 Å².